The number of rotatable bonds is 6. The van der Waals surface area contributed by atoms with E-state index in [1.165, 1.54) is 14.2 Å². The molecule has 7 rings (SSSR count). The van der Waals surface area contributed by atoms with Gasteiger partial charge in [-0.2, -0.15) is 0 Å². The third kappa shape index (κ3) is 3.89. The number of carbonyl (C=O) groups excluding carboxylic acids is 3. The summed E-state index contributed by atoms with van der Waals surface area (Å²) in [7, 11) is 3.03. The van der Waals surface area contributed by atoms with Crippen LogP contribution in [0.3, 0.4) is 0 Å². The van der Waals surface area contributed by atoms with Crippen molar-refractivity contribution in [2.24, 2.45) is 5.92 Å². The number of ketones is 2. The van der Waals surface area contributed by atoms with Crippen LogP contribution in [0.2, 0.25) is 0 Å². The van der Waals surface area contributed by atoms with E-state index in [1.54, 1.807) is 30.3 Å². The summed E-state index contributed by atoms with van der Waals surface area (Å²) < 4.78 is 11.9. The number of nitrogens with zero attached hydrogens (tertiary/aromatic N) is 1. The van der Waals surface area contributed by atoms with Crippen molar-refractivity contribution in [3.05, 3.63) is 124 Å². The van der Waals surface area contributed by atoms with E-state index in [-0.39, 0.29) is 23.0 Å². The molecule has 0 bridgehead atoms. The maximum Gasteiger partial charge on any atom is 0.238 e. The summed E-state index contributed by atoms with van der Waals surface area (Å²) in [6, 6.07) is 25.6. The molecule has 1 spiro atoms. The molecule has 1 saturated heterocycles. The second-order valence-electron chi connectivity index (χ2n) is 10.9. The van der Waals surface area contributed by atoms with Crippen LogP contribution in [0.5, 0.6) is 11.5 Å². The number of Topliss-reactive ketones (excluding diaryl/α,β-unsaturated/α-hetero) is 2. The number of hydrogen-bond donors (Lipinski definition) is 1. The Morgan fingerprint density at radius 3 is 2.40 bits per heavy atom. The van der Waals surface area contributed by atoms with Gasteiger partial charge in [0, 0.05) is 21.4 Å². The second kappa shape index (κ2) is 10.2. The van der Waals surface area contributed by atoms with Crippen molar-refractivity contribution in [3.8, 4) is 11.5 Å². The molecule has 1 N–H and O–H groups in total. The van der Waals surface area contributed by atoms with E-state index in [2.05, 4.69) is 21.2 Å². The molecule has 7 nitrogen and oxygen atoms in total. The number of ether oxygens (including phenoxy) is 2. The van der Waals surface area contributed by atoms with Gasteiger partial charge in [0.05, 0.1) is 31.7 Å². The van der Waals surface area contributed by atoms with Gasteiger partial charge in [0.15, 0.2) is 11.6 Å². The predicted octanol–water partition coefficient (Wildman–Crippen LogP) is 6.32. The molecule has 0 radical (unpaired) electrons. The summed E-state index contributed by atoms with van der Waals surface area (Å²) in [5.74, 6) is -1.08. The molecular weight excluding hydrogens is 608 g/mol. The van der Waals surface area contributed by atoms with E-state index >= 15 is 4.79 Å². The van der Waals surface area contributed by atoms with Gasteiger partial charge in [-0.3, -0.25) is 14.4 Å². The first kappa shape index (κ1) is 27.2. The van der Waals surface area contributed by atoms with Crippen molar-refractivity contribution < 1.29 is 23.9 Å². The van der Waals surface area contributed by atoms with E-state index < -0.39 is 23.4 Å². The minimum absolute atomic E-state index is 0.248. The summed E-state index contributed by atoms with van der Waals surface area (Å²) in [6.07, 6.45) is 3.92. The van der Waals surface area contributed by atoms with E-state index in [0.717, 1.165) is 15.7 Å². The monoisotopic (exact) mass is 634 g/mol. The quantitative estimate of drug-likeness (QED) is 0.250. The van der Waals surface area contributed by atoms with Crippen molar-refractivity contribution in [2.75, 3.05) is 24.4 Å². The van der Waals surface area contributed by atoms with Crippen LogP contribution in [-0.4, -0.2) is 43.8 Å². The number of fused-ring (bicyclic) bond motifs is 5. The van der Waals surface area contributed by atoms with Crippen LogP contribution < -0.4 is 19.7 Å². The van der Waals surface area contributed by atoms with Crippen LogP contribution >= 0.6 is 15.9 Å². The zero-order chi connectivity index (χ0) is 29.9. The van der Waals surface area contributed by atoms with Crippen LogP contribution in [0.4, 0.5) is 11.4 Å². The highest BCUT2D eigenvalue weighted by Crippen LogP contribution is 2.58. The minimum atomic E-state index is -1.56. The highest BCUT2D eigenvalue weighted by Gasteiger charge is 2.71. The first-order valence-corrected chi connectivity index (χ1v) is 14.7. The van der Waals surface area contributed by atoms with Crippen LogP contribution in [0, 0.1) is 5.92 Å². The van der Waals surface area contributed by atoms with Gasteiger partial charge in [-0.05, 0) is 53.6 Å². The van der Waals surface area contributed by atoms with Crippen molar-refractivity contribution in [1.29, 1.82) is 0 Å². The first-order valence-electron chi connectivity index (χ1n) is 13.9. The summed E-state index contributed by atoms with van der Waals surface area (Å²) in [5.41, 5.74) is 2.08. The third-order valence-corrected chi connectivity index (χ3v) is 9.41. The Bertz CT molecular complexity index is 1830. The standard InChI is InChI=1S/C35H27BrN2O5/c1-42-23-16-18-29(43-2)24(19-23)32(40)30-28-17-13-20-7-3-6-10-27(20)38(28)33(31(39)21-11-14-22(36)15-12-21)35(30)25-8-4-5-9-26(25)37-34(35)41/h3-19,28,30,33H,1-2H3,(H,37,41)/t28?,30-,33+,35+/m1/s1. The predicted molar refractivity (Wildman–Crippen MR) is 168 cm³/mol. The van der Waals surface area contributed by atoms with Crippen LogP contribution in [0.15, 0.2) is 102 Å². The fourth-order valence-corrected chi connectivity index (χ4v) is 7.35. The smallest absolute Gasteiger partial charge is 0.238 e. The van der Waals surface area contributed by atoms with Gasteiger partial charge in [-0.15, -0.1) is 0 Å². The second-order valence-corrected chi connectivity index (χ2v) is 11.8. The molecule has 214 valence electrons. The average molecular weight is 636 g/mol. The Balaban J connectivity index is 1.54. The lowest BCUT2D eigenvalue weighted by atomic mass is 9.63. The fourth-order valence-electron chi connectivity index (χ4n) is 7.08. The van der Waals surface area contributed by atoms with Gasteiger partial charge in [0.2, 0.25) is 5.91 Å². The molecule has 4 aromatic carbocycles. The molecule has 43 heavy (non-hydrogen) atoms. The molecule has 0 saturated carbocycles. The normalized spacial score (nSPS) is 22.9. The maximum absolute atomic E-state index is 15.0. The fraction of sp³-hybridized carbons (Fsp3) is 0.171. The number of methoxy groups -OCH3 is 2. The SMILES string of the molecule is COc1ccc(OC)c(C(=O)[C@H]2C3C=Cc4ccccc4N3[C@@H](C(=O)c3ccc(Br)cc3)[C@@]23C(=O)Nc2ccccc23)c1. The summed E-state index contributed by atoms with van der Waals surface area (Å²) in [4.78, 5) is 46.5. The molecule has 8 heteroatoms. The summed E-state index contributed by atoms with van der Waals surface area (Å²) in [6.45, 7) is 0. The number of carbonyl (C=O) groups is 3. The van der Waals surface area contributed by atoms with E-state index in [9.17, 15) is 9.59 Å². The molecular formula is C35H27BrN2O5. The lowest BCUT2D eigenvalue weighted by molar-refractivity contribution is -0.121. The van der Waals surface area contributed by atoms with Crippen LogP contribution in [0.25, 0.3) is 6.08 Å². The largest absolute Gasteiger partial charge is 0.497 e. The lowest BCUT2D eigenvalue weighted by Crippen LogP contribution is -2.55. The lowest BCUT2D eigenvalue weighted by Gasteiger charge is -2.37. The number of nitrogens with one attached hydrogen (secondary N) is 1. The van der Waals surface area contributed by atoms with Gasteiger partial charge < -0.3 is 19.7 Å². The van der Waals surface area contributed by atoms with Crippen molar-refractivity contribution >= 4 is 50.9 Å². The van der Waals surface area contributed by atoms with Gasteiger partial charge in [-0.1, -0.05) is 76.6 Å². The van der Waals surface area contributed by atoms with Gasteiger partial charge in [0.1, 0.15) is 23.0 Å². The molecule has 1 amide bonds. The Morgan fingerprint density at radius 2 is 1.63 bits per heavy atom. The minimum Gasteiger partial charge on any atom is -0.497 e. The van der Waals surface area contributed by atoms with E-state index in [4.69, 9.17) is 9.47 Å². The zero-order valence-electron chi connectivity index (χ0n) is 23.4. The Hall–Kier alpha value is -4.69. The number of para-hydroxylation sites is 2. The highest BCUT2D eigenvalue weighted by atomic mass is 79.9. The van der Waals surface area contributed by atoms with Crippen LogP contribution in [-0.2, 0) is 10.2 Å². The van der Waals surface area contributed by atoms with Gasteiger partial charge in [-0.25, -0.2) is 0 Å². The molecule has 1 fully saturated rings. The average Bonchev–Trinajstić information content (AvgIpc) is 3.52. The maximum atomic E-state index is 15.0. The molecule has 0 aliphatic carbocycles. The first-order chi connectivity index (χ1) is 20.9. The molecule has 4 aromatic rings. The zero-order valence-corrected chi connectivity index (χ0v) is 25.0. The number of halogens is 1. The number of amides is 1. The molecule has 3 heterocycles. The van der Waals surface area contributed by atoms with Gasteiger partial charge in [0.25, 0.3) is 0 Å². The van der Waals surface area contributed by atoms with Gasteiger partial charge >= 0.3 is 0 Å². The van der Waals surface area contributed by atoms with Crippen molar-refractivity contribution in [1.82, 2.24) is 0 Å². The topological polar surface area (TPSA) is 84.9 Å². The molecule has 0 aromatic heterocycles. The van der Waals surface area contributed by atoms with Crippen LogP contribution in [0.1, 0.15) is 31.8 Å². The number of hydrogen-bond acceptors (Lipinski definition) is 6. The Labute approximate surface area is 257 Å². The number of anilines is 2. The molecule has 4 atom stereocenters. The molecule has 1 unspecified atom stereocenters. The Kier molecular flexibility index (Phi) is 6.47. The van der Waals surface area contributed by atoms with E-state index in [1.807, 2.05) is 77.7 Å². The Morgan fingerprint density at radius 1 is 0.884 bits per heavy atom. The third-order valence-electron chi connectivity index (χ3n) is 8.88. The van der Waals surface area contributed by atoms with E-state index in [0.29, 0.717) is 28.3 Å². The number of benzene rings is 4. The summed E-state index contributed by atoms with van der Waals surface area (Å²) >= 11 is 3.46. The highest BCUT2D eigenvalue weighted by molar-refractivity contribution is 9.10. The molecule has 3 aliphatic rings. The van der Waals surface area contributed by atoms with Crippen molar-refractivity contribution in [2.45, 2.75) is 17.5 Å². The van der Waals surface area contributed by atoms with Crippen molar-refractivity contribution in [3.63, 3.8) is 0 Å². The summed E-state index contributed by atoms with van der Waals surface area (Å²) in [5, 5.41) is 3.04. The molecule has 3 aliphatic heterocycles.